The highest BCUT2D eigenvalue weighted by atomic mass is 79.9. The quantitative estimate of drug-likeness (QED) is 0.844. The van der Waals surface area contributed by atoms with Crippen LogP contribution in [0.1, 0.15) is 0 Å². The van der Waals surface area contributed by atoms with Gasteiger partial charge in [0.15, 0.2) is 6.10 Å². The summed E-state index contributed by atoms with van der Waals surface area (Å²) in [5.74, 6) is 0.654. The third-order valence-electron chi connectivity index (χ3n) is 1.88. The number of ether oxygens (including phenoxy) is 2. The Morgan fingerprint density at radius 2 is 2.53 bits per heavy atom. The Morgan fingerprint density at radius 1 is 1.67 bits per heavy atom. The van der Waals surface area contributed by atoms with Gasteiger partial charge in [0.1, 0.15) is 17.0 Å². The number of carbonyl (C=O) groups excluding carboxylic acids is 1. The van der Waals surface area contributed by atoms with Gasteiger partial charge in [0.05, 0.1) is 12.7 Å². The number of hydrogen-bond donors (Lipinski definition) is 1. The first kappa shape index (κ1) is 10.2. The molecule has 1 saturated heterocycles. The second kappa shape index (κ2) is 4.48. The number of cyclic esters (lactones) is 1. The molecule has 1 unspecified atom stereocenters. The number of alkyl carbamates (subject to hydrolysis) is 1. The summed E-state index contributed by atoms with van der Waals surface area (Å²) in [7, 11) is 0. The van der Waals surface area contributed by atoms with E-state index in [9.17, 15) is 4.79 Å². The fourth-order valence-electron chi connectivity index (χ4n) is 1.16. The Balaban J connectivity index is 1.83. The molecule has 2 heterocycles. The molecule has 15 heavy (non-hydrogen) atoms. The number of carbonyl (C=O) groups is 1. The number of halogens is 1. The molecule has 2 rings (SSSR count). The van der Waals surface area contributed by atoms with E-state index in [1.54, 1.807) is 18.3 Å². The zero-order chi connectivity index (χ0) is 10.7. The molecule has 1 aliphatic heterocycles. The average molecular weight is 273 g/mol. The van der Waals surface area contributed by atoms with E-state index in [0.717, 1.165) is 4.60 Å². The number of pyridine rings is 1. The highest BCUT2D eigenvalue weighted by Crippen LogP contribution is 2.13. The van der Waals surface area contributed by atoms with Gasteiger partial charge in [-0.25, -0.2) is 9.78 Å². The lowest BCUT2D eigenvalue weighted by Gasteiger charge is -2.09. The van der Waals surface area contributed by atoms with Gasteiger partial charge in [0, 0.05) is 0 Å². The number of nitrogens with zero attached hydrogens (tertiary/aromatic N) is 1. The minimum absolute atomic E-state index is 0.221. The molecule has 1 aliphatic rings. The van der Waals surface area contributed by atoms with E-state index in [1.165, 1.54) is 0 Å². The summed E-state index contributed by atoms with van der Waals surface area (Å²) in [5.41, 5.74) is 0. The predicted molar refractivity (Wildman–Crippen MR) is 55.7 cm³/mol. The summed E-state index contributed by atoms with van der Waals surface area (Å²) >= 11 is 3.22. The second-order valence-corrected chi connectivity index (χ2v) is 3.85. The molecule has 1 N–H and O–H groups in total. The molecule has 0 spiro atoms. The maximum atomic E-state index is 10.7. The fourth-order valence-corrected chi connectivity index (χ4v) is 1.40. The van der Waals surface area contributed by atoms with E-state index in [2.05, 4.69) is 26.2 Å². The molecule has 1 aromatic rings. The molecule has 0 aromatic carbocycles. The lowest BCUT2D eigenvalue weighted by molar-refractivity contribution is 0.104. The van der Waals surface area contributed by atoms with Crippen LogP contribution in [0.3, 0.4) is 0 Å². The van der Waals surface area contributed by atoms with E-state index < -0.39 is 6.09 Å². The van der Waals surface area contributed by atoms with Gasteiger partial charge >= 0.3 is 6.09 Å². The molecule has 0 bridgehead atoms. The molecule has 6 heteroatoms. The normalized spacial score (nSPS) is 19.5. The highest BCUT2D eigenvalue weighted by Gasteiger charge is 2.22. The van der Waals surface area contributed by atoms with Crippen LogP contribution in [0, 0.1) is 0 Å². The molecule has 5 nitrogen and oxygen atoms in total. The second-order valence-electron chi connectivity index (χ2n) is 3.04. The van der Waals surface area contributed by atoms with Crippen molar-refractivity contribution in [3.05, 3.63) is 22.9 Å². The SMILES string of the molecule is O=C1NCC(COc2ccc(Br)nc2)O1. The zero-order valence-corrected chi connectivity index (χ0v) is 9.36. The van der Waals surface area contributed by atoms with Crippen molar-refractivity contribution in [2.45, 2.75) is 6.10 Å². The Bertz CT molecular complexity index is 355. The van der Waals surface area contributed by atoms with Crippen LogP contribution in [0.5, 0.6) is 5.75 Å². The molecule has 1 atom stereocenters. The smallest absolute Gasteiger partial charge is 0.407 e. The molecule has 1 amide bonds. The first-order chi connectivity index (χ1) is 7.24. The van der Waals surface area contributed by atoms with Crippen molar-refractivity contribution < 1.29 is 14.3 Å². The number of hydrogen-bond acceptors (Lipinski definition) is 4. The number of rotatable bonds is 3. The lowest BCUT2D eigenvalue weighted by Crippen LogP contribution is -2.21. The van der Waals surface area contributed by atoms with Crippen LogP contribution in [-0.2, 0) is 4.74 Å². The fraction of sp³-hybridized carbons (Fsp3) is 0.333. The number of amides is 1. The van der Waals surface area contributed by atoms with Crippen LogP contribution in [0.15, 0.2) is 22.9 Å². The van der Waals surface area contributed by atoms with E-state index in [1.807, 2.05) is 0 Å². The molecule has 1 aromatic heterocycles. The summed E-state index contributed by atoms with van der Waals surface area (Å²) in [4.78, 5) is 14.7. The Labute approximate surface area is 94.9 Å². The molecular formula is C9H9BrN2O3. The minimum Gasteiger partial charge on any atom is -0.488 e. The largest absolute Gasteiger partial charge is 0.488 e. The van der Waals surface area contributed by atoms with Gasteiger partial charge in [-0.1, -0.05) is 0 Å². The van der Waals surface area contributed by atoms with Crippen LogP contribution >= 0.6 is 15.9 Å². The third kappa shape index (κ3) is 2.82. The molecule has 0 saturated carbocycles. The van der Waals surface area contributed by atoms with Gasteiger partial charge in [0.2, 0.25) is 0 Å². The summed E-state index contributed by atoms with van der Waals surface area (Å²) in [5, 5.41) is 2.55. The molecule has 0 radical (unpaired) electrons. The predicted octanol–water partition coefficient (Wildman–Crippen LogP) is 1.33. The van der Waals surface area contributed by atoms with Crippen LogP contribution in [0.4, 0.5) is 4.79 Å². The third-order valence-corrected chi connectivity index (χ3v) is 2.35. The average Bonchev–Trinajstić information content (AvgIpc) is 2.64. The zero-order valence-electron chi connectivity index (χ0n) is 7.77. The highest BCUT2D eigenvalue weighted by molar-refractivity contribution is 9.10. The number of aromatic nitrogens is 1. The van der Waals surface area contributed by atoms with Gasteiger partial charge in [-0.15, -0.1) is 0 Å². The van der Waals surface area contributed by atoms with E-state index in [-0.39, 0.29) is 6.10 Å². The minimum atomic E-state index is -0.391. The van der Waals surface area contributed by atoms with Crippen molar-refractivity contribution in [3.63, 3.8) is 0 Å². The summed E-state index contributed by atoms with van der Waals surface area (Å²) < 4.78 is 11.0. The molecule has 0 aliphatic carbocycles. The number of nitrogens with one attached hydrogen (secondary N) is 1. The van der Waals surface area contributed by atoms with Gasteiger partial charge in [0.25, 0.3) is 0 Å². The Hall–Kier alpha value is -1.30. The van der Waals surface area contributed by atoms with Crippen LogP contribution in [-0.4, -0.2) is 30.3 Å². The van der Waals surface area contributed by atoms with E-state index >= 15 is 0 Å². The van der Waals surface area contributed by atoms with Crippen molar-refractivity contribution >= 4 is 22.0 Å². The van der Waals surface area contributed by atoms with Crippen molar-refractivity contribution in [3.8, 4) is 5.75 Å². The van der Waals surface area contributed by atoms with Crippen LogP contribution < -0.4 is 10.1 Å². The maximum Gasteiger partial charge on any atom is 0.407 e. The first-order valence-corrected chi connectivity index (χ1v) is 5.22. The van der Waals surface area contributed by atoms with Gasteiger partial charge < -0.3 is 14.8 Å². The Kier molecular flexibility index (Phi) is 3.05. The Morgan fingerprint density at radius 3 is 3.13 bits per heavy atom. The van der Waals surface area contributed by atoms with Crippen molar-refractivity contribution in [2.75, 3.05) is 13.2 Å². The molecule has 1 fully saturated rings. The van der Waals surface area contributed by atoms with Crippen LogP contribution in [0.25, 0.3) is 0 Å². The van der Waals surface area contributed by atoms with Gasteiger partial charge in [-0.05, 0) is 28.1 Å². The standard InChI is InChI=1S/C9H9BrN2O3/c10-8-2-1-6(3-11-8)14-5-7-4-12-9(13)15-7/h1-3,7H,4-5H2,(H,12,13). The summed E-state index contributed by atoms with van der Waals surface area (Å²) in [6, 6.07) is 3.58. The van der Waals surface area contributed by atoms with E-state index in [4.69, 9.17) is 9.47 Å². The molecular weight excluding hydrogens is 264 g/mol. The van der Waals surface area contributed by atoms with Gasteiger partial charge in [-0.3, -0.25) is 0 Å². The maximum absolute atomic E-state index is 10.7. The molecule has 80 valence electrons. The van der Waals surface area contributed by atoms with Crippen molar-refractivity contribution in [2.24, 2.45) is 0 Å². The summed E-state index contributed by atoms with van der Waals surface area (Å²) in [6.07, 6.45) is 0.993. The summed E-state index contributed by atoms with van der Waals surface area (Å²) in [6.45, 7) is 0.824. The first-order valence-electron chi connectivity index (χ1n) is 4.43. The van der Waals surface area contributed by atoms with Crippen molar-refractivity contribution in [1.82, 2.24) is 10.3 Å². The monoisotopic (exact) mass is 272 g/mol. The van der Waals surface area contributed by atoms with E-state index in [0.29, 0.717) is 18.9 Å². The van der Waals surface area contributed by atoms with Gasteiger partial charge in [-0.2, -0.15) is 0 Å². The topological polar surface area (TPSA) is 60.5 Å². The lowest BCUT2D eigenvalue weighted by atomic mass is 10.4. The van der Waals surface area contributed by atoms with Crippen molar-refractivity contribution in [1.29, 1.82) is 0 Å². The van der Waals surface area contributed by atoms with Crippen LogP contribution in [0.2, 0.25) is 0 Å².